The third-order valence-electron chi connectivity index (χ3n) is 5.57. The number of fused-ring (bicyclic) bond motifs is 1. The molecule has 3 heterocycles. The summed E-state index contributed by atoms with van der Waals surface area (Å²) >= 11 is 0. The number of nitrogens with zero attached hydrogens (tertiary/aromatic N) is 4. The lowest BCUT2D eigenvalue weighted by Crippen LogP contribution is -2.28. The summed E-state index contributed by atoms with van der Waals surface area (Å²) in [6, 6.07) is 7.79. The van der Waals surface area contributed by atoms with Crippen LogP contribution in [0.15, 0.2) is 30.5 Å². The Kier molecular flexibility index (Phi) is 3.26. The summed E-state index contributed by atoms with van der Waals surface area (Å²) in [4.78, 5) is 2.25. The fourth-order valence-electron chi connectivity index (χ4n) is 3.87. The highest BCUT2D eigenvalue weighted by atomic mass is 19.1. The minimum atomic E-state index is -1.17. The smallest absolute Gasteiger partial charge is 0.151 e. The van der Waals surface area contributed by atoms with Crippen molar-refractivity contribution in [2.75, 3.05) is 18.0 Å². The molecular weight excluding hydrogens is 317 g/mol. The summed E-state index contributed by atoms with van der Waals surface area (Å²) in [5, 5.41) is 16.9. The zero-order chi connectivity index (χ0) is 16.9. The van der Waals surface area contributed by atoms with Crippen LogP contribution in [0.1, 0.15) is 37.7 Å². The summed E-state index contributed by atoms with van der Waals surface area (Å²) in [6.07, 6.45) is 6.30. The largest absolute Gasteiger partial charge is 0.355 e. The van der Waals surface area contributed by atoms with E-state index in [4.69, 9.17) is 0 Å². The van der Waals surface area contributed by atoms with Crippen LogP contribution in [-0.2, 0) is 5.67 Å². The van der Waals surface area contributed by atoms with E-state index in [9.17, 15) is 4.39 Å². The van der Waals surface area contributed by atoms with Crippen molar-refractivity contribution in [1.82, 2.24) is 20.4 Å². The van der Waals surface area contributed by atoms with Gasteiger partial charge in [0.1, 0.15) is 11.4 Å². The molecule has 2 aromatic heterocycles. The quantitative estimate of drug-likeness (QED) is 0.786. The zero-order valence-corrected chi connectivity index (χ0v) is 14.0. The molecule has 1 aliphatic heterocycles. The van der Waals surface area contributed by atoms with Gasteiger partial charge in [0, 0.05) is 24.0 Å². The zero-order valence-electron chi connectivity index (χ0n) is 14.0. The second-order valence-electron chi connectivity index (χ2n) is 7.15. The molecule has 0 amide bonds. The molecule has 1 N–H and O–H groups in total. The Morgan fingerprint density at radius 1 is 1.08 bits per heavy atom. The van der Waals surface area contributed by atoms with Gasteiger partial charge < -0.3 is 4.90 Å². The predicted octanol–water partition coefficient (Wildman–Crippen LogP) is 3.97. The normalized spacial score (nSPS) is 19.3. The van der Waals surface area contributed by atoms with Gasteiger partial charge in [-0.25, -0.2) is 4.39 Å². The van der Waals surface area contributed by atoms with E-state index in [2.05, 4.69) is 25.3 Å². The SMILES string of the molecule is FC1(c2ccc3[nH]nc(-c4cnnc(N5CCCC5)c4)c3c2)CCC1. The Morgan fingerprint density at radius 3 is 2.68 bits per heavy atom. The monoisotopic (exact) mass is 337 g/mol. The van der Waals surface area contributed by atoms with Gasteiger partial charge in [-0.1, -0.05) is 6.07 Å². The lowest BCUT2D eigenvalue weighted by atomic mass is 9.76. The minimum Gasteiger partial charge on any atom is -0.355 e. The van der Waals surface area contributed by atoms with Gasteiger partial charge in [-0.3, -0.25) is 5.10 Å². The van der Waals surface area contributed by atoms with Crippen LogP contribution >= 0.6 is 0 Å². The second kappa shape index (κ2) is 5.51. The first kappa shape index (κ1) is 14.8. The van der Waals surface area contributed by atoms with Crippen molar-refractivity contribution in [1.29, 1.82) is 0 Å². The first-order valence-electron chi connectivity index (χ1n) is 8.99. The van der Waals surface area contributed by atoms with Gasteiger partial charge >= 0.3 is 0 Å². The lowest BCUT2D eigenvalue weighted by Gasteiger charge is -2.34. The number of halogens is 1. The van der Waals surface area contributed by atoms with Gasteiger partial charge in [0.05, 0.1) is 11.7 Å². The number of H-pyrrole nitrogens is 1. The van der Waals surface area contributed by atoms with Crippen molar-refractivity contribution in [2.45, 2.75) is 37.8 Å². The Hall–Kier alpha value is -2.50. The number of benzene rings is 1. The summed E-state index contributed by atoms with van der Waals surface area (Å²) in [5.41, 5.74) is 2.24. The van der Waals surface area contributed by atoms with Gasteiger partial charge in [0.2, 0.25) is 0 Å². The van der Waals surface area contributed by atoms with Crippen molar-refractivity contribution in [3.8, 4) is 11.3 Å². The predicted molar refractivity (Wildman–Crippen MR) is 95.2 cm³/mol. The number of aromatic amines is 1. The maximum absolute atomic E-state index is 14.8. The van der Waals surface area contributed by atoms with Crippen molar-refractivity contribution in [2.24, 2.45) is 0 Å². The molecule has 1 aliphatic carbocycles. The number of anilines is 1. The van der Waals surface area contributed by atoms with Crippen LogP contribution in [-0.4, -0.2) is 33.5 Å². The van der Waals surface area contributed by atoms with Crippen LogP contribution in [0.4, 0.5) is 10.2 Å². The Bertz CT molecular complexity index is 924. The first-order chi connectivity index (χ1) is 12.2. The van der Waals surface area contributed by atoms with Gasteiger partial charge in [0.15, 0.2) is 5.82 Å². The molecule has 5 nitrogen and oxygen atoms in total. The van der Waals surface area contributed by atoms with E-state index in [1.807, 2.05) is 24.3 Å². The van der Waals surface area contributed by atoms with Crippen LogP contribution in [0.3, 0.4) is 0 Å². The van der Waals surface area contributed by atoms with E-state index < -0.39 is 5.67 Å². The molecule has 6 heteroatoms. The van der Waals surface area contributed by atoms with Crippen LogP contribution in [0.2, 0.25) is 0 Å². The summed E-state index contributed by atoms with van der Waals surface area (Å²) in [6.45, 7) is 2.04. The average molecular weight is 337 g/mol. The molecule has 5 rings (SSSR count). The molecule has 1 saturated heterocycles. The van der Waals surface area contributed by atoms with Gasteiger partial charge in [-0.2, -0.15) is 10.2 Å². The van der Waals surface area contributed by atoms with E-state index in [1.54, 1.807) is 6.20 Å². The van der Waals surface area contributed by atoms with Crippen LogP contribution < -0.4 is 4.90 Å². The number of rotatable bonds is 3. The molecule has 1 saturated carbocycles. The number of alkyl halides is 1. The van der Waals surface area contributed by atoms with Crippen LogP contribution in [0, 0.1) is 0 Å². The van der Waals surface area contributed by atoms with Gasteiger partial charge in [-0.15, -0.1) is 5.10 Å². The molecule has 128 valence electrons. The van der Waals surface area contributed by atoms with E-state index in [-0.39, 0.29) is 0 Å². The molecule has 0 unspecified atom stereocenters. The summed E-state index contributed by atoms with van der Waals surface area (Å²) in [7, 11) is 0. The fraction of sp³-hybridized carbons (Fsp3) is 0.421. The highest BCUT2D eigenvalue weighted by Crippen LogP contribution is 2.46. The van der Waals surface area contributed by atoms with E-state index >= 15 is 0 Å². The molecule has 0 spiro atoms. The maximum atomic E-state index is 14.8. The van der Waals surface area contributed by atoms with E-state index in [0.29, 0.717) is 12.8 Å². The van der Waals surface area contributed by atoms with Crippen molar-refractivity contribution >= 4 is 16.7 Å². The van der Waals surface area contributed by atoms with Crippen molar-refractivity contribution in [3.05, 3.63) is 36.0 Å². The molecule has 0 bridgehead atoms. The number of hydrogen-bond donors (Lipinski definition) is 1. The Labute approximate surface area is 145 Å². The topological polar surface area (TPSA) is 57.7 Å². The maximum Gasteiger partial charge on any atom is 0.151 e. The highest BCUT2D eigenvalue weighted by Gasteiger charge is 2.39. The molecular formula is C19H20FN5. The van der Waals surface area contributed by atoms with Crippen molar-refractivity contribution in [3.63, 3.8) is 0 Å². The average Bonchev–Trinajstić information content (AvgIpc) is 3.29. The first-order valence-corrected chi connectivity index (χ1v) is 8.99. The summed E-state index contributed by atoms with van der Waals surface area (Å²) in [5.74, 6) is 0.892. The molecule has 25 heavy (non-hydrogen) atoms. The molecule has 0 atom stereocenters. The van der Waals surface area contributed by atoms with Crippen molar-refractivity contribution < 1.29 is 4.39 Å². The van der Waals surface area contributed by atoms with E-state index in [1.165, 1.54) is 12.8 Å². The summed E-state index contributed by atoms with van der Waals surface area (Å²) < 4.78 is 14.8. The second-order valence-corrected chi connectivity index (χ2v) is 7.15. The number of nitrogens with one attached hydrogen (secondary N) is 1. The highest BCUT2D eigenvalue weighted by molar-refractivity contribution is 5.93. The molecule has 2 aliphatic rings. The fourth-order valence-corrected chi connectivity index (χ4v) is 3.87. The van der Waals surface area contributed by atoms with Gasteiger partial charge in [0.25, 0.3) is 0 Å². The Morgan fingerprint density at radius 2 is 1.92 bits per heavy atom. The third kappa shape index (κ3) is 2.39. The third-order valence-corrected chi connectivity index (χ3v) is 5.57. The van der Waals surface area contributed by atoms with Gasteiger partial charge in [-0.05, 0) is 55.9 Å². The van der Waals surface area contributed by atoms with Crippen LogP contribution in [0.5, 0.6) is 0 Å². The van der Waals surface area contributed by atoms with Crippen LogP contribution in [0.25, 0.3) is 22.2 Å². The lowest BCUT2D eigenvalue weighted by molar-refractivity contribution is 0.0611. The number of hydrogen-bond acceptors (Lipinski definition) is 4. The van der Waals surface area contributed by atoms with E-state index in [0.717, 1.165) is 53.1 Å². The Balaban J connectivity index is 1.58. The molecule has 3 aromatic rings. The molecule has 2 fully saturated rings. The molecule has 1 aromatic carbocycles. The minimum absolute atomic E-state index is 0.613. The molecule has 0 radical (unpaired) electrons. The standard InChI is InChI=1S/C19H20FN5/c20-19(6-3-7-19)14-4-5-16-15(11-14)18(24-22-16)13-10-17(23-21-12-13)25-8-1-2-9-25/h4-5,10-12H,1-3,6-9H2,(H,22,24). The number of aromatic nitrogens is 4.